The van der Waals surface area contributed by atoms with Gasteiger partial charge in [-0.15, -0.1) is 0 Å². The van der Waals surface area contributed by atoms with Crippen LogP contribution in [-0.2, 0) is 19.7 Å². The Labute approximate surface area is 149 Å². The van der Waals surface area contributed by atoms with Crippen LogP contribution in [-0.4, -0.2) is 39.2 Å². The van der Waals surface area contributed by atoms with Crippen LogP contribution in [0.2, 0.25) is 0 Å². The van der Waals surface area contributed by atoms with Crippen molar-refractivity contribution in [1.82, 2.24) is 4.72 Å². The lowest BCUT2D eigenvalue weighted by atomic mass is 9.91. The van der Waals surface area contributed by atoms with Crippen molar-refractivity contribution >= 4 is 32.6 Å². The average molecular weight is 380 g/mol. The van der Waals surface area contributed by atoms with Crippen LogP contribution in [0, 0.1) is 5.82 Å². The molecule has 2 heterocycles. The van der Waals surface area contributed by atoms with E-state index in [1.54, 1.807) is 16.9 Å². The molecule has 0 aliphatic carbocycles. The molecule has 1 amide bonds. The highest BCUT2D eigenvalue weighted by atomic mass is 32.2. The highest BCUT2D eigenvalue weighted by Gasteiger charge is 2.37. The molecular formula is C17H17FN2O5S. The molecule has 2 N–H and O–H groups in total. The molecule has 1 unspecified atom stereocenters. The zero-order chi connectivity index (χ0) is 18.5. The number of hydrogen-bond acceptors (Lipinski definition) is 5. The van der Waals surface area contributed by atoms with Gasteiger partial charge in [-0.25, -0.2) is 13.4 Å². The first-order valence-electron chi connectivity index (χ1n) is 8.23. The van der Waals surface area contributed by atoms with Gasteiger partial charge >= 0.3 is 10.2 Å². The number of nitrogens with zero attached hydrogens (tertiary/aromatic N) is 1. The van der Waals surface area contributed by atoms with Crippen LogP contribution in [0.3, 0.4) is 0 Å². The van der Waals surface area contributed by atoms with E-state index in [4.69, 9.17) is 4.74 Å². The minimum atomic E-state index is -4.22. The van der Waals surface area contributed by atoms with Gasteiger partial charge in [-0.3, -0.25) is 4.79 Å². The predicted molar refractivity (Wildman–Crippen MR) is 92.8 cm³/mol. The summed E-state index contributed by atoms with van der Waals surface area (Å²) in [4.78, 5) is 11.4. The minimum absolute atomic E-state index is 0.142. The van der Waals surface area contributed by atoms with Gasteiger partial charge in [-0.2, -0.15) is 8.42 Å². The number of benzene rings is 2. The summed E-state index contributed by atoms with van der Waals surface area (Å²) in [6.45, 7) is 0.690. The number of anilines is 1. The van der Waals surface area contributed by atoms with E-state index in [1.165, 1.54) is 6.07 Å². The molecule has 9 heteroatoms. The number of hydrogen-bond donors (Lipinski definition) is 2. The molecule has 138 valence electrons. The number of carbonyl (C=O) groups is 1. The van der Waals surface area contributed by atoms with Gasteiger partial charge in [0.05, 0.1) is 6.61 Å². The Bertz CT molecular complexity index is 1000. The van der Waals surface area contributed by atoms with E-state index in [0.717, 1.165) is 18.4 Å². The molecule has 2 fully saturated rings. The molecule has 0 radical (unpaired) electrons. The predicted octanol–water partition coefficient (Wildman–Crippen LogP) is 1.76. The molecule has 26 heavy (non-hydrogen) atoms. The fourth-order valence-electron chi connectivity index (χ4n) is 3.49. The number of aromatic hydroxyl groups is 1. The minimum Gasteiger partial charge on any atom is -0.506 e. The van der Waals surface area contributed by atoms with Crippen LogP contribution < -0.4 is 9.03 Å². The molecule has 4 rings (SSSR count). The number of rotatable bonds is 2. The van der Waals surface area contributed by atoms with E-state index < -0.39 is 39.9 Å². The summed E-state index contributed by atoms with van der Waals surface area (Å²) < 4.78 is 47.0. The van der Waals surface area contributed by atoms with E-state index in [9.17, 15) is 18.3 Å². The van der Waals surface area contributed by atoms with Crippen LogP contribution in [0.15, 0.2) is 24.3 Å². The quantitative estimate of drug-likeness (QED) is 0.828. The third-order valence-electron chi connectivity index (χ3n) is 4.76. The summed E-state index contributed by atoms with van der Waals surface area (Å²) in [7, 11) is -4.22. The van der Waals surface area contributed by atoms with Crippen molar-refractivity contribution in [3.05, 3.63) is 35.6 Å². The zero-order valence-electron chi connectivity index (χ0n) is 13.7. The Kier molecular flexibility index (Phi) is 4.00. The van der Waals surface area contributed by atoms with Gasteiger partial charge < -0.3 is 9.84 Å². The van der Waals surface area contributed by atoms with Gasteiger partial charge in [0.25, 0.3) is 5.91 Å². The SMILES string of the molecule is O=C1CN(c2c(O)cc3ccc(C4CCCOC4)cc3c2F)S(=O)(=O)N1. The molecule has 7 nitrogen and oxygen atoms in total. The first-order chi connectivity index (χ1) is 12.4. The lowest BCUT2D eigenvalue weighted by Crippen LogP contribution is -2.30. The van der Waals surface area contributed by atoms with Crippen molar-refractivity contribution in [2.45, 2.75) is 18.8 Å². The maximum absolute atomic E-state index is 15.2. The summed E-state index contributed by atoms with van der Waals surface area (Å²) in [5.74, 6) is -2.05. The van der Waals surface area contributed by atoms with Crippen LogP contribution in [0.25, 0.3) is 10.8 Å². The topological polar surface area (TPSA) is 95.9 Å². The molecular weight excluding hydrogens is 363 g/mol. The van der Waals surface area contributed by atoms with E-state index in [0.29, 0.717) is 22.9 Å². The number of phenols is 1. The zero-order valence-corrected chi connectivity index (χ0v) is 14.6. The van der Waals surface area contributed by atoms with Crippen LogP contribution >= 0.6 is 0 Å². The molecule has 2 aromatic carbocycles. The van der Waals surface area contributed by atoms with Gasteiger partial charge in [0.15, 0.2) is 5.82 Å². The smallest absolute Gasteiger partial charge is 0.326 e. The van der Waals surface area contributed by atoms with Crippen LogP contribution in [0.1, 0.15) is 24.3 Å². The number of carbonyl (C=O) groups excluding carboxylic acids is 1. The van der Waals surface area contributed by atoms with E-state index in [2.05, 4.69) is 0 Å². The Hall–Kier alpha value is -2.39. The maximum atomic E-state index is 15.2. The van der Waals surface area contributed by atoms with Crippen LogP contribution in [0.5, 0.6) is 5.75 Å². The van der Waals surface area contributed by atoms with E-state index in [1.807, 2.05) is 6.07 Å². The van der Waals surface area contributed by atoms with Gasteiger partial charge in [0, 0.05) is 17.9 Å². The highest BCUT2D eigenvalue weighted by molar-refractivity contribution is 7.92. The second kappa shape index (κ2) is 6.10. The number of ether oxygens (including phenoxy) is 1. The van der Waals surface area contributed by atoms with Crippen molar-refractivity contribution in [3.8, 4) is 5.75 Å². The first-order valence-corrected chi connectivity index (χ1v) is 9.67. The first kappa shape index (κ1) is 17.0. The second-order valence-corrected chi connectivity index (χ2v) is 8.08. The maximum Gasteiger partial charge on any atom is 0.326 e. The van der Waals surface area contributed by atoms with Crippen molar-refractivity contribution in [2.24, 2.45) is 0 Å². The van der Waals surface area contributed by atoms with Gasteiger partial charge in [0.2, 0.25) is 0 Å². The number of halogens is 1. The van der Waals surface area contributed by atoms with Crippen molar-refractivity contribution in [3.63, 3.8) is 0 Å². The van der Waals surface area contributed by atoms with E-state index >= 15 is 4.39 Å². The van der Waals surface area contributed by atoms with Gasteiger partial charge in [-0.1, -0.05) is 12.1 Å². The fourth-order valence-corrected chi connectivity index (χ4v) is 4.65. The number of fused-ring (bicyclic) bond motifs is 1. The summed E-state index contributed by atoms with van der Waals surface area (Å²) in [6, 6.07) is 6.50. The summed E-state index contributed by atoms with van der Waals surface area (Å²) in [6.07, 6.45) is 1.85. The largest absolute Gasteiger partial charge is 0.506 e. The van der Waals surface area contributed by atoms with Crippen molar-refractivity contribution < 1.29 is 27.4 Å². The highest BCUT2D eigenvalue weighted by Crippen LogP contribution is 2.39. The third kappa shape index (κ3) is 2.77. The monoisotopic (exact) mass is 380 g/mol. The normalized spacial score (nSPS) is 22.6. The lowest BCUT2D eigenvalue weighted by molar-refractivity contribution is -0.117. The fraction of sp³-hybridized carbons (Fsp3) is 0.353. The van der Waals surface area contributed by atoms with Crippen molar-refractivity contribution in [2.75, 3.05) is 24.1 Å². The Morgan fingerprint density at radius 1 is 1.31 bits per heavy atom. The Balaban J connectivity index is 1.85. The lowest BCUT2D eigenvalue weighted by Gasteiger charge is -2.23. The molecule has 1 atom stereocenters. The summed E-state index contributed by atoms with van der Waals surface area (Å²) >= 11 is 0. The molecule has 0 aromatic heterocycles. The Morgan fingerprint density at radius 2 is 2.12 bits per heavy atom. The number of nitrogens with one attached hydrogen (secondary N) is 1. The molecule has 2 aliphatic heterocycles. The van der Waals surface area contributed by atoms with E-state index in [-0.39, 0.29) is 11.3 Å². The van der Waals surface area contributed by atoms with Gasteiger partial charge in [-0.05, 0) is 35.9 Å². The van der Waals surface area contributed by atoms with Crippen molar-refractivity contribution in [1.29, 1.82) is 0 Å². The molecule has 0 bridgehead atoms. The summed E-state index contributed by atoms with van der Waals surface area (Å²) in [5.41, 5.74) is 0.374. The summed E-state index contributed by atoms with van der Waals surface area (Å²) in [5, 5.41) is 10.8. The molecule has 2 aliphatic rings. The molecule has 0 saturated carbocycles. The second-order valence-electron chi connectivity index (χ2n) is 6.49. The van der Waals surface area contributed by atoms with Crippen LogP contribution in [0.4, 0.5) is 10.1 Å². The third-order valence-corrected chi connectivity index (χ3v) is 6.14. The standard InChI is InChI=1S/C17H17FN2O5S/c18-16-13-6-10(12-2-1-5-25-9-12)3-4-11(13)7-14(21)17(16)20-8-15(22)19-26(20,23)24/h3-4,6-7,12,21H,1-2,5,8-9H2,(H,19,22). The molecule has 2 saturated heterocycles. The number of amides is 1. The Morgan fingerprint density at radius 3 is 2.77 bits per heavy atom. The van der Waals surface area contributed by atoms with Gasteiger partial charge in [0.1, 0.15) is 18.0 Å². The average Bonchev–Trinajstić information content (AvgIpc) is 2.88. The molecule has 0 spiro atoms. The molecule has 2 aromatic rings. The number of phenolic OH excluding ortho intramolecular Hbond substituents is 1.